The highest BCUT2D eigenvalue weighted by Gasteiger charge is 2.19. The summed E-state index contributed by atoms with van der Waals surface area (Å²) in [5.74, 6) is -1.01. The Labute approximate surface area is 148 Å². The largest absolute Gasteiger partial charge is 0.462 e. The normalized spacial score (nSPS) is 10.3. The van der Waals surface area contributed by atoms with Crippen LogP contribution in [0.15, 0.2) is 48.5 Å². The van der Waals surface area contributed by atoms with E-state index in [4.69, 9.17) is 9.47 Å². The molecule has 0 bridgehead atoms. The fraction of sp³-hybridized carbons (Fsp3) is 0.333. The Balaban J connectivity index is 2.00. The molecule has 0 N–H and O–H groups in total. The first kappa shape index (κ1) is 18.7. The second-order valence-corrected chi connectivity index (χ2v) is 5.95. The third-order valence-electron chi connectivity index (χ3n) is 3.80. The van der Waals surface area contributed by atoms with Gasteiger partial charge < -0.3 is 9.47 Å². The Kier molecular flexibility index (Phi) is 7.20. The predicted octanol–water partition coefficient (Wildman–Crippen LogP) is 4.70. The Bertz CT molecular complexity index is 721. The van der Waals surface area contributed by atoms with Crippen LogP contribution >= 0.6 is 0 Å². The van der Waals surface area contributed by atoms with Gasteiger partial charge in [0.2, 0.25) is 0 Å². The lowest BCUT2D eigenvalue weighted by molar-refractivity contribution is 0.0436. The summed E-state index contributed by atoms with van der Waals surface area (Å²) in [6.45, 7) is 4.59. The van der Waals surface area contributed by atoms with E-state index in [0.717, 1.165) is 30.4 Å². The SMILES string of the molecule is CCCCCOC(=O)c1ccccc1C(=O)OCc1cccc(C)c1. The van der Waals surface area contributed by atoms with Crippen molar-refractivity contribution in [2.24, 2.45) is 0 Å². The van der Waals surface area contributed by atoms with E-state index < -0.39 is 11.9 Å². The molecular weight excluding hydrogens is 316 g/mol. The zero-order chi connectivity index (χ0) is 18.1. The highest BCUT2D eigenvalue weighted by Crippen LogP contribution is 2.14. The molecule has 0 atom stereocenters. The molecule has 0 radical (unpaired) electrons. The second kappa shape index (κ2) is 9.62. The summed E-state index contributed by atoms with van der Waals surface area (Å²) in [5.41, 5.74) is 2.49. The van der Waals surface area contributed by atoms with Gasteiger partial charge in [0, 0.05) is 0 Å². The Morgan fingerprint density at radius 3 is 2.20 bits per heavy atom. The molecule has 132 valence electrons. The molecule has 4 heteroatoms. The molecule has 0 aliphatic carbocycles. The van der Waals surface area contributed by atoms with Gasteiger partial charge in [-0.2, -0.15) is 0 Å². The van der Waals surface area contributed by atoms with Crippen LogP contribution in [-0.4, -0.2) is 18.5 Å². The van der Waals surface area contributed by atoms with Crippen LogP contribution in [0.3, 0.4) is 0 Å². The summed E-state index contributed by atoms with van der Waals surface area (Å²) in [7, 11) is 0. The lowest BCUT2D eigenvalue weighted by Gasteiger charge is -2.10. The molecule has 2 aromatic rings. The molecule has 0 aliphatic rings. The number of carbonyl (C=O) groups is 2. The van der Waals surface area contributed by atoms with E-state index in [1.807, 2.05) is 31.2 Å². The molecule has 2 aromatic carbocycles. The average Bonchev–Trinajstić information content (AvgIpc) is 2.63. The van der Waals surface area contributed by atoms with Crippen molar-refractivity contribution in [3.05, 3.63) is 70.8 Å². The number of hydrogen-bond acceptors (Lipinski definition) is 4. The molecule has 0 amide bonds. The zero-order valence-corrected chi connectivity index (χ0v) is 14.8. The maximum atomic E-state index is 12.4. The number of unbranched alkanes of at least 4 members (excludes halogenated alkanes) is 2. The van der Waals surface area contributed by atoms with Crippen molar-refractivity contribution in [2.75, 3.05) is 6.61 Å². The maximum absolute atomic E-state index is 12.4. The molecule has 0 fully saturated rings. The summed E-state index contributed by atoms with van der Waals surface area (Å²) >= 11 is 0. The second-order valence-electron chi connectivity index (χ2n) is 5.95. The van der Waals surface area contributed by atoms with E-state index in [0.29, 0.717) is 6.61 Å². The number of rotatable bonds is 8. The van der Waals surface area contributed by atoms with Crippen molar-refractivity contribution < 1.29 is 19.1 Å². The minimum absolute atomic E-state index is 0.167. The molecule has 0 aromatic heterocycles. The van der Waals surface area contributed by atoms with Crippen LogP contribution in [0.5, 0.6) is 0 Å². The quantitative estimate of drug-likeness (QED) is 0.516. The first-order valence-electron chi connectivity index (χ1n) is 8.60. The van der Waals surface area contributed by atoms with E-state index in [1.54, 1.807) is 24.3 Å². The standard InChI is InChI=1S/C21H24O4/c1-3-4-7-13-24-20(22)18-11-5-6-12-19(18)21(23)25-15-17-10-8-9-16(2)14-17/h5-6,8-12,14H,3-4,7,13,15H2,1-2H3. The molecule has 4 nitrogen and oxygen atoms in total. The van der Waals surface area contributed by atoms with Gasteiger partial charge in [-0.15, -0.1) is 0 Å². The van der Waals surface area contributed by atoms with E-state index in [9.17, 15) is 9.59 Å². The van der Waals surface area contributed by atoms with Crippen molar-refractivity contribution in [2.45, 2.75) is 39.7 Å². The molecule has 0 unspecified atom stereocenters. The van der Waals surface area contributed by atoms with Gasteiger partial charge in [0.05, 0.1) is 17.7 Å². The Hall–Kier alpha value is -2.62. The molecule has 25 heavy (non-hydrogen) atoms. The topological polar surface area (TPSA) is 52.6 Å². The van der Waals surface area contributed by atoms with E-state index in [1.165, 1.54) is 0 Å². The molecular formula is C21H24O4. The van der Waals surface area contributed by atoms with Crippen molar-refractivity contribution in [3.63, 3.8) is 0 Å². The highest BCUT2D eigenvalue weighted by atomic mass is 16.5. The number of benzene rings is 2. The maximum Gasteiger partial charge on any atom is 0.339 e. The van der Waals surface area contributed by atoms with Crippen LogP contribution in [0, 0.1) is 6.92 Å². The van der Waals surface area contributed by atoms with Gasteiger partial charge in [-0.1, -0.05) is 61.7 Å². The molecule has 0 aliphatic heterocycles. The fourth-order valence-electron chi connectivity index (χ4n) is 2.46. The summed E-state index contributed by atoms with van der Waals surface area (Å²) < 4.78 is 10.6. The number of carbonyl (C=O) groups excluding carboxylic acids is 2. The number of aryl methyl sites for hydroxylation is 1. The molecule has 0 saturated carbocycles. The molecule has 0 heterocycles. The molecule has 0 spiro atoms. The average molecular weight is 340 g/mol. The van der Waals surface area contributed by atoms with Crippen molar-refractivity contribution >= 4 is 11.9 Å². The number of hydrogen-bond donors (Lipinski definition) is 0. The van der Waals surface area contributed by atoms with Crippen LogP contribution in [-0.2, 0) is 16.1 Å². The minimum Gasteiger partial charge on any atom is -0.462 e. The van der Waals surface area contributed by atoms with Crippen LogP contribution < -0.4 is 0 Å². The fourth-order valence-corrected chi connectivity index (χ4v) is 2.46. The lowest BCUT2D eigenvalue weighted by Crippen LogP contribution is -2.14. The lowest BCUT2D eigenvalue weighted by atomic mass is 10.1. The smallest absolute Gasteiger partial charge is 0.339 e. The summed E-state index contributed by atoms with van der Waals surface area (Å²) in [6, 6.07) is 14.3. The van der Waals surface area contributed by atoms with Crippen LogP contribution in [0.2, 0.25) is 0 Å². The van der Waals surface area contributed by atoms with Gasteiger partial charge in [0.25, 0.3) is 0 Å². The summed E-state index contributed by atoms with van der Waals surface area (Å²) in [5, 5.41) is 0. The molecule has 0 saturated heterocycles. The van der Waals surface area contributed by atoms with Gasteiger partial charge in [0.1, 0.15) is 6.61 Å². The van der Waals surface area contributed by atoms with Crippen LogP contribution in [0.25, 0.3) is 0 Å². The first-order valence-corrected chi connectivity index (χ1v) is 8.60. The van der Waals surface area contributed by atoms with Crippen molar-refractivity contribution in [1.82, 2.24) is 0 Å². The number of ether oxygens (including phenoxy) is 2. The van der Waals surface area contributed by atoms with Crippen molar-refractivity contribution in [1.29, 1.82) is 0 Å². The zero-order valence-electron chi connectivity index (χ0n) is 14.8. The molecule has 2 rings (SSSR count). The highest BCUT2D eigenvalue weighted by molar-refractivity contribution is 6.03. The van der Waals surface area contributed by atoms with Gasteiger partial charge in [-0.05, 0) is 31.0 Å². The van der Waals surface area contributed by atoms with E-state index in [-0.39, 0.29) is 17.7 Å². The summed E-state index contributed by atoms with van der Waals surface area (Å²) in [4.78, 5) is 24.6. The Morgan fingerprint density at radius 2 is 1.56 bits per heavy atom. The number of esters is 2. The van der Waals surface area contributed by atoms with Crippen LogP contribution in [0.1, 0.15) is 58.0 Å². The van der Waals surface area contributed by atoms with Gasteiger partial charge in [0.15, 0.2) is 0 Å². The van der Waals surface area contributed by atoms with E-state index >= 15 is 0 Å². The van der Waals surface area contributed by atoms with Gasteiger partial charge in [-0.25, -0.2) is 9.59 Å². The monoisotopic (exact) mass is 340 g/mol. The van der Waals surface area contributed by atoms with Crippen molar-refractivity contribution in [3.8, 4) is 0 Å². The van der Waals surface area contributed by atoms with E-state index in [2.05, 4.69) is 6.92 Å². The van der Waals surface area contributed by atoms with Crippen LogP contribution in [0.4, 0.5) is 0 Å². The Morgan fingerprint density at radius 1 is 0.880 bits per heavy atom. The first-order chi connectivity index (χ1) is 12.1. The third-order valence-corrected chi connectivity index (χ3v) is 3.80. The van der Waals surface area contributed by atoms with Gasteiger partial charge in [-0.3, -0.25) is 0 Å². The minimum atomic E-state index is -0.525. The third kappa shape index (κ3) is 5.75. The predicted molar refractivity (Wildman–Crippen MR) is 96.5 cm³/mol. The van der Waals surface area contributed by atoms with Gasteiger partial charge >= 0.3 is 11.9 Å². The summed E-state index contributed by atoms with van der Waals surface area (Å²) in [6.07, 6.45) is 2.88.